The van der Waals surface area contributed by atoms with E-state index >= 15 is 0 Å². The highest BCUT2D eigenvalue weighted by Gasteiger charge is 2.20. The molecule has 2 heterocycles. The largest absolute Gasteiger partial charge is 0.355 e. The number of hydrogen-bond donors (Lipinski definition) is 2. The van der Waals surface area contributed by atoms with Gasteiger partial charge < -0.3 is 20.1 Å². The van der Waals surface area contributed by atoms with Gasteiger partial charge in [-0.25, -0.2) is 4.98 Å². The maximum atomic E-state index is 12.5. The van der Waals surface area contributed by atoms with Crippen LogP contribution in [0, 0.1) is 17.0 Å². The molecule has 1 aromatic heterocycles. The van der Waals surface area contributed by atoms with Crippen LogP contribution in [0.2, 0.25) is 0 Å². The van der Waals surface area contributed by atoms with Crippen molar-refractivity contribution in [3.8, 4) is 0 Å². The topological polar surface area (TPSA) is 135 Å². The second-order valence-corrected chi connectivity index (χ2v) is 9.57. The number of aliphatic imine (C=N–C) groups is 1. The second-order valence-electron chi connectivity index (χ2n) is 9.57. The number of carbonyl (C=O) groups excluding carboxylic acids is 1. The Hall–Kier alpha value is -4.22. The van der Waals surface area contributed by atoms with E-state index in [1.54, 1.807) is 55.1 Å². The maximum Gasteiger partial charge on any atom is 0.272 e. The molecule has 2 aromatic carbocycles. The first kappa shape index (κ1) is 30.3. The number of likely N-dealkylation sites (tertiary alicyclic amines) is 1. The van der Waals surface area contributed by atoms with Crippen LogP contribution in [0.3, 0.4) is 0 Å². The van der Waals surface area contributed by atoms with Crippen LogP contribution in [-0.2, 0) is 13.1 Å². The van der Waals surface area contributed by atoms with Crippen LogP contribution in [0.4, 0.5) is 5.69 Å². The predicted octanol–water partition coefficient (Wildman–Crippen LogP) is 3.45. The number of nitrogens with one attached hydrogen (secondary N) is 2. The molecule has 1 fully saturated rings. The summed E-state index contributed by atoms with van der Waals surface area (Å²) in [5.74, 6) is -0.204. The van der Waals surface area contributed by atoms with Crippen molar-refractivity contribution >= 4 is 29.3 Å². The van der Waals surface area contributed by atoms with Gasteiger partial charge in [0.05, 0.1) is 22.2 Å². The van der Waals surface area contributed by atoms with Crippen molar-refractivity contribution in [1.82, 2.24) is 25.1 Å². The lowest BCUT2D eigenvalue weighted by Gasteiger charge is -2.32. The molecule has 212 valence electrons. The monoisotopic (exact) mass is 547 g/mol. The van der Waals surface area contributed by atoms with Gasteiger partial charge in [-0.05, 0) is 70.3 Å². The van der Waals surface area contributed by atoms with Gasteiger partial charge in [0.2, 0.25) is 0 Å². The van der Waals surface area contributed by atoms with Crippen molar-refractivity contribution in [1.29, 1.82) is 0 Å². The number of nitro benzene ring substituents is 1. The minimum Gasteiger partial charge on any atom is -0.355 e. The second kappa shape index (κ2) is 14.8. The van der Waals surface area contributed by atoms with E-state index in [4.69, 9.17) is 0 Å². The Balaban J connectivity index is 0.000000810. The van der Waals surface area contributed by atoms with Crippen molar-refractivity contribution in [2.45, 2.75) is 45.8 Å². The zero-order valence-corrected chi connectivity index (χ0v) is 23.3. The molecule has 0 bridgehead atoms. The third-order valence-corrected chi connectivity index (χ3v) is 6.88. The molecule has 1 aliphatic rings. The minimum absolute atomic E-state index is 0.153. The average molecular weight is 548 g/mol. The highest BCUT2D eigenvalue weighted by atomic mass is 16.6. The standard InChI is InChI=1S/C25H30N6O4.C4H7N/c1-17-3-4-18(13-22(17)31(34)35)15-27-20-7-9-29(10-8-20)11-12-30-23-14-19(25(33)26-2)5-6-21(23)28-16-24(30)32;1-3-4-5-2/h3-6,13-14,16,20,27H,7-12,15H2,1-2H3,(H,26,33);3-4H,2H2,1H3/b;4-3+. The van der Waals surface area contributed by atoms with Gasteiger partial charge >= 0.3 is 0 Å². The fourth-order valence-electron chi connectivity index (χ4n) is 4.61. The molecule has 40 heavy (non-hydrogen) atoms. The number of aryl methyl sites for hydroxylation is 1. The summed E-state index contributed by atoms with van der Waals surface area (Å²) in [6.45, 7) is 10.5. The van der Waals surface area contributed by atoms with Crippen molar-refractivity contribution in [3.63, 3.8) is 0 Å². The molecule has 11 heteroatoms. The third-order valence-electron chi connectivity index (χ3n) is 6.88. The molecule has 0 radical (unpaired) electrons. The van der Waals surface area contributed by atoms with Gasteiger partial charge in [0.1, 0.15) is 0 Å². The summed E-state index contributed by atoms with van der Waals surface area (Å²) in [6.07, 6.45) is 6.71. The number of rotatable bonds is 9. The van der Waals surface area contributed by atoms with E-state index in [0.717, 1.165) is 38.0 Å². The normalized spacial score (nSPS) is 14.1. The van der Waals surface area contributed by atoms with Gasteiger partial charge in [0.25, 0.3) is 17.2 Å². The van der Waals surface area contributed by atoms with E-state index in [2.05, 4.69) is 32.2 Å². The fraction of sp³-hybridized carbons (Fsp3) is 0.379. The molecule has 0 aliphatic carbocycles. The van der Waals surface area contributed by atoms with Gasteiger partial charge in [0, 0.05) is 56.1 Å². The molecule has 11 nitrogen and oxygen atoms in total. The summed E-state index contributed by atoms with van der Waals surface area (Å²) in [4.78, 5) is 45.4. The Morgan fingerprint density at radius 1 is 1.23 bits per heavy atom. The predicted molar refractivity (Wildman–Crippen MR) is 158 cm³/mol. The average Bonchev–Trinajstić information content (AvgIpc) is 2.96. The summed E-state index contributed by atoms with van der Waals surface area (Å²) >= 11 is 0. The SMILES string of the molecule is C=N/C=C/C.CNC(=O)c1ccc2ncc(=O)n(CCN3CCC(NCc4ccc(C)c([N+](=O)[O-])c4)CC3)c2c1. The number of benzene rings is 2. The smallest absolute Gasteiger partial charge is 0.272 e. The Kier molecular flexibility index (Phi) is 11.2. The molecule has 0 saturated carbocycles. The zero-order valence-electron chi connectivity index (χ0n) is 23.3. The van der Waals surface area contributed by atoms with Crippen LogP contribution in [-0.4, -0.2) is 64.7 Å². The first-order valence-corrected chi connectivity index (χ1v) is 13.3. The molecule has 0 atom stereocenters. The van der Waals surface area contributed by atoms with Gasteiger partial charge in [-0.15, -0.1) is 0 Å². The van der Waals surface area contributed by atoms with Gasteiger partial charge in [-0.1, -0.05) is 18.2 Å². The number of piperidine rings is 1. The fourth-order valence-corrected chi connectivity index (χ4v) is 4.61. The Labute approximate surface area is 233 Å². The number of amides is 1. The number of allylic oxidation sites excluding steroid dienone is 1. The number of fused-ring (bicyclic) bond motifs is 1. The summed E-state index contributed by atoms with van der Waals surface area (Å²) in [6, 6.07) is 10.9. The number of nitrogens with zero attached hydrogens (tertiary/aromatic N) is 5. The van der Waals surface area contributed by atoms with Crippen LogP contribution >= 0.6 is 0 Å². The molecule has 0 spiro atoms. The Morgan fingerprint density at radius 3 is 2.60 bits per heavy atom. The van der Waals surface area contributed by atoms with Crippen molar-refractivity contribution in [2.75, 3.05) is 26.7 Å². The third kappa shape index (κ3) is 8.14. The molecule has 4 rings (SSSR count). The summed E-state index contributed by atoms with van der Waals surface area (Å²) < 4.78 is 1.68. The van der Waals surface area contributed by atoms with Crippen LogP contribution in [0.25, 0.3) is 11.0 Å². The van der Waals surface area contributed by atoms with Gasteiger partial charge in [-0.2, -0.15) is 0 Å². The minimum atomic E-state index is -0.339. The summed E-state index contributed by atoms with van der Waals surface area (Å²) in [5.41, 5.74) is 3.37. The first-order valence-electron chi connectivity index (χ1n) is 13.3. The van der Waals surface area contributed by atoms with E-state index < -0.39 is 0 Å². The Bertz CT molecular complexity index is 1430. The number of aromatic nitrogens is 2. The summed E-state index contributed by atoms with van der Waals surface area (Å²) in [7, 11) is 1.58. The molecule has 1 amide bonds. The van der Waals surface area contributed by atoms with Crippen LogP contribution in [0.5, 0.6) is 0 Å². The van der Waals surface area contributed by atoms with Crippen molar-refractivity contribution in [3.05, 3.63) is 92.0 Å². The van der Waals surface area contributed by atoms with Gasteiger partial charge in [0.15, 0.2) is 0 Å². The lowest BCUT2D eigenvalue weighted by Crippen LogP contribution is -2.43. The quantitative estimate of drug-likeness (QED) is 0.238. The van der Waals surface area contributed by atoms with Crippen LogP contribution < -0.4 is 16.2 Å². The lowest BCUT2D eigenvalue weighted by molar-refractivity contribution is -0.385. The number of hydrogen-bond acceptors (Lipinski definition) is 8. The van der Waals surface area contributed by atoms with Gasteiger partial charge in [-0.3, -0.25) is 24.7 Å². The number of carbonyl (C=O) groups is 1. The van der Waals surface area contributed by atoms with Crippen LogP contribution in [0.15, 0.2) is 64.7 Å². The molecular weight excluding hydrogens is 510 g/mol. The molecule has 2 N–H and O–H groups in total. The van der Waals surface area contributed by atoms with E-state index in [-0.39, 0.29) is 22.1 Å². The van der Waals surface area contributed by atoms with Crippen LogP contribution in [0.1, 0.15) is 41.3 Å². The first-order chi connectivity index (χ1) is 19.3. The highest BCUT2D eigenvalue weighted by Crippen LogP contribution is 2.20. The molecule has 1 aliphatic heterocycles. The Morgan fingerprint density at radius 2 is 1.98 bits per heavy atom. The van der Waals surface area contributed by atoms with E-state index in [1.165, 1.54) is 6.20 Å². The summed E-state index contributed by atoms with van der Waals surface area (Å²) in [5, 5.41) is 17.3. The van der Waals surface area contributed by atoms with E-state index in [1.807, 2.05) is 19.1 Å². The molecule has 0 unspecified atom stereocenters. The van der Waals surface area contributed by atoms with Crippen molar-refractivity contribution < 1.29 is 9.72 Å². The maximum absolute atomic E-state index is 12.5. The molecule has 3 aromatic rings. The van der Waals surface area contributed by atoms with E-state index in [9.17, 15) is 19.7 Å². The highest BCUT2D eigenvalue weighted by molar-refractivity contribution is 5.97. The lowest BCUT2D eigenvalue weighted by atomic mass is 10.0. The number of nitro groups is 1. The molecule has 1 saturated heterocycles. The van der Waals surface area contributed by atoms with E-state index in [0.29, 0.717) is 41.3 Å². The van der Waals surface area contributed by atoms with Crippen molar-refractivity contribution in [2.24, 2.45) is 4.99 Å². The molecular formula is C29H37N7O4. The zero-order chi connectivity index (χ0) is 29.1.